The number of aryl methyl sites for hydroxylation is 1. The largest absolute Gasteiger partial charge is 0.327 e. The number of benzene rings is 2. The van der Waals surface area contributed by atoms with Gasteiger partial charge in [-0.3, -0.25) is 9.97 Å². The maximum Gasteiger partial charge on any atom is 0.0702 e. The van der Waals surface area contributed by atoms with Crippen molar-refractivity contribution >= 4 is 21.8 Å². The molecular weight excluding hydrogens is 354 g/mol. The molecule has 1 radical (unpaired) electrons. The van der Waals surface area contributed by atoms with Crippen LogP contribution in [0.5, 0.6) is 0 Å². The lowest BCUT2D eigenvalue weighted by Gasteiger charge is -2.24. The number of rotatable bonds is 8. The SMILES string of the molecule is [CH2]CCC(c1cnc2ccccc2c1)C(N)CCCc1cnc2ccccc2c1. The summed E-state index contributed by atoms with van der Waals surface area (Å²) in [6.07, 6.45) is 8.88. The van der Waals surface area contributed by atoms with Crippen molar-refractivity contribution in [2.75, 3.05) is 0 Å². The van der Waals surface area contributed by atoms with Crippen LogP contribution in [0.1, 0.15) is 42.7 Å². The van der Waals surface area contributed by atoms with E-state index in [0.717, 1.165) is 43.1 Å². The molecule has 0 saturated carbocycles. The molecule has 3 heteroatoms. The molecule has 3 nitrogen and oxygen atoms in total. The first-order chi connectivity index (χ1) is 14.2. The summed E-state index contributed by atoms with van der Waals surface area (Å²) in [5.74, 6) is 0.291. The highest BCUT2D eigenvalue weighted by atomic mass is 14.7. The van der Waals surface area contributed by atoms with E-state index in [2.05, 4.69) is 59.4 Å². The van der Waals surface area contributed by atoms with E-state index in [1.807, 2.05) is 30.6 Å². The Labute approximate surface area is 173 Å². The molecule has 0 aliphatic heterocycles. The van der Waals surface area contributed by atoms with Gasteiger partial charge in [0.2, 0.25) is 0 Å². The Hall–Kier alpha value is -2.78. The minimum absolute atomic E-state index is 0.105. The lowest BCUT2D eigenvalue weighted by molar-refractivity contribution is 0.463. The Morgan fingerprint density at radius 1 is 0.828 bits per heavy atom. The van der Waals surface area contributed by atoms with Gasteiger partial charge < -0.3 is 5.73 Å². The molecule has 2 unspecified atom stereocenters. The number of nitrogens with two attached hydrogens (primary N) is 1. The molecular formula is C26H28N3. The zero-order valence-corrected chi connectivity index (χ0v) is 16.8. The quantitative estimate of drug-likeness (QED) is 0.417. The summed E-state index contributed by atoms with van der Waals surface area (Å²) in [7, 11) is 0. The highest BCUT2D eigenvalue weighted by Crippen LogP contribution is 2.28. The van der Waals surface area contributed by atoms with E-state index < -0.39 is 0 Å². The number of aromatic nitrogens is 2. The zero-order chi connectivity index (χ0) is 20.1. The molecule has 4 rings (SSSR count). The summed E-state index contributed by atoms with van der Waals surface area (Å²) in [5, 5.41) is 2.37. The Kier molecular flexibility index (Phi) is 6.16. The third kappa shape index (κ3) is 4.63. The van der Waals surface area contributed by atoms with Crippen LogP contribution in [-0.4, -0.2) is 16.0 Å². The lowest BCUT2D eigenvalue weighted by atomic mass is 9.85. The van der Waals surface area contributed by atoms with E-state index in [0.29, 0.717) is 5.92 Å². The van der Waals surface area contributed by atoms with Gasteiger partial charge in [0.15, 0.2) is 0 Å². The third-order valence-corrected chi connectivity index (χ3v) is 5.72. The second kappa shape index (κ2) is 9.15. The van der Waals surface area contributed by atoms with E-state index in [1.165, 1.54) is 21.9 Å². The third-order valence-electron chi connectivity index (χ3n) is 5.72. The fourth-order valence-electron chi connectivity index (χ4n) is 4.14. The Morgan fingerprint density at radius 2 is 1.48 bits per heavy atom. The molecule has 0 aliphatic carbocycles. The van der Waals surface area contributed by atoms with E-state index in [4.69, 9.17) is 5.73 Å². The van der Waals surface area contributed by atoms with Crippen LogP contribution in [0.25, 0.3) is 21.8 Å². The van der Waals surface area contributed by atoms with E-state index >= 15 is 0 Å². The van der Waals surface area contributed by atoms with E-state index in [9.17, 15) is 0 Å². The second-order valence-corrected chi connectivity index (χ2v) is 7.80. The van der Waals surface area contributed by atoms with Gasteiger partial charge in [-0.15, -0.1) is 0 Å². The number of pyridine rings is 2. The lowest BCUT2D eigenvalue weighted by Crippen LogP contribution is -2.28. The van der Waals surface area contributed by atoms with Crippen LogP contribution >= 0.6 is 0 Å². The number of para-hydroxylation sites is 2. The van der Waals surface area contributed by atoms with Crippen LogP contribution < -0.4 is 5.73 Å². The molecule has 2 atom stereocenters. The first kappa shape index (κ1) is 19.5. The van der Waals surface area contributed by atoms with Crippen LogP contribution in [0, 0.1) is 6.92 Å². The molecule has 0 bridgehead atoms. The Morgan fingerprint density at radius 3 is 2.21 bits per heavy atom. The van der Waals surface area contributed by atoms with Gasteiger partial charge in [-0.2, -0.15) is 0 Å². The molecule has 0 amide bonds. The average molecular weight is 383 g/mol. The highest BCUT2D eigenvalue weighted by molar-refractivity contribution is 5.79. The topological polar surface area (TPSA) is 51.8 Å². The first-order valence-electron chi connectivity index (χ1n) is 10.5. The van der Waals surface area contributed by atoms with Gasteiger partial charge >= 0.3 is 0 Å². The van der Waals surface area contributed by atoms with Gasteiger partial charge in [0.1, 0.15) is 0 Å². The molecule has 2 aromatic heterocycles. The van der Waals surface area contributed by atoms with Gasteiger partial charge in [-0.05, 0) is 61.1 Å². The first-order valence-corrected chi connectivity index (χ1v) is 10.5. The normalized spacial score (nSPS) is 13.6. The highest BCUT2D eigenvalue weighted by Gasteiger charge is 2.19. The maximum absolute atomic E-state index is 6.66. The van der Waals surface area contributed by atoms with Crippen LogP contribution in [-0.2, 0) is 6.42 Å². The predicted octanol–water partition coefficient (Wildman–Crippen LogP) is 5.83. The molecule has 0 saturated heterocycles. The zero-order valence-electron chi connectivity index (χ0n) is 16.8. The molecule has 29 heavy (non-hydrogen) atoms. The number of hydrogen-bond donors (Lipinski definition) is 1. The Bertz CT molecular complexity index is 1090. The van der Waals surface area contributed by atoms with Gasteiger partial charge in [0, 0.05) is 35.1 Å². The van der Waals surface area contributed by atoms with Gasteiger partial charge in [-0.1, -0.05) is 49.7 Å². The summed E-state index contributed by atoms with van der Waals surface area (Å²) in [6, 6.07) is 21.1. The van der Waals surface area contributed by atoms with Gasteiger partial charge in [0.25, 0.3) is 0 Å². The van der Waals surface area contributed by atoms with Gasteiger partial charge in [0.05, 0.1) is 11.0 Å². The fraction of sp³-hybridized carbons (Fsp3) is 0.269. The van der Waals surface area contributed by atoms with E-state index in [-0.39, 0.29) is 6.04 Å². The van der Waals surface area contributed by atoms with Crippen molar-refractivity contribution in [1.82, 2.24) is 9.97 Å². The number of nitrogens with zero attached hydrogens (tertiary/aromatic N) is 2. The molecule has 0 aliphatic rings. The molecule has 2 aromatic carbocycles. The Balaban J connectivity index is 1.43. The summed E-state index contributed by atoms with van der Waals surface area (Å²) < 4.78 is 0. The minimum Gasteiger partial charge on any atom is -0.327 e. The predicted molar refractivity (Wildman–Crippen MR) is 122 cm³/mol. The van der Waals surface area contributed by atoms with Crippen molar-refractivity contribution in [1.29, 1.82) is 0 Å². The van der Waals surface area contributed by atoms with E-state index in [1.54, 1.807) is 0 Å². The van der Waals surface area contributed by atoms with Crippen molar-refractivity contribution in [3.63, 3.8) is 0 Å². The summed E-state index contributed by atoms with van der Waals surface area (Å²) in [4.78, 5) is 9.21. The maximum atomic E-state index is 6.66. The van der Waals surface area contributed by atoms with Crippen molar-refractivity contribution in [2.45, 2.75) is 44.1 Å². The summed E-state index contributed by atoms with van der Waals surface area (Å²) in [6.45, 7) is 4.07. The second-order valence-electron chi connectivity index (χ2n) is 7.80. The van der Waals surface area contributed by atoms with Gasteiger partial charge in [-0.25, -0.2) is 0 Å². The molecule has 0 fully saturated rings. The van der Waals surface area contributed by atoms with Crippen molar-refractivity contribution in [3.8, 4) is 0 Å². The smallest absolute Gasteiger partial charge is 0.0702 e. The molecule has 2 heterocycles. The van der Waals surface area contributed by atoms with Crippen LogP contribution in [0.3, 0.4) is 0 Å². The molecule has 4 aromatic rings. The van der Waals surface area contributed by atoms with Crippen molar-refractivity contribution in [2.24, 2.45) is 5.73 Å². The number of hydrogen-bond acceptors (Lipinski definition) is 3. The molecule has 2 N–H and O–H groups in total. The van der Waals surface area contributed by atoms with Crippen LogP contribution in [0.15, 0.2) is 73.1 Å². The fourth-order valence-corrected chi connectivity index (χ4v) is 4.14. The summed E-state index contributed by atoms with van der Waals surface area (Å²) >= 11 is 0. The van der Waals surface area contributed by atoms with Crippen molar-refractivity contribution < 1.29 is 0 Å². The van der Waals surface area contributed by atoms with Crippen LogP contribution in [0.2, 0.25) is 0 Å². The number of fused-ring (bicyclic) bond motifs is 2. The average Bonchev–Trinajstić information content (AvgIpc) is 2.77. The summed E-state index contributed by atoms with van der Waals surface area (Å²) in [5.41, 5.74) is 11.2. The minimum atomic E-state index is 0.105. The molecule has 0 spiro atoms. The standard InChI is InChI=1S/C26H28N3/c1-2-8-23(22-16-21-11-4-6-14-26(21)29-18-22)24(27)12-7-9-19-15-20-10-3-5-13-25(20)28-17-19/h3-6,10-11,13-18,23-24H,1-2,7-9,12,27H2. The monoisotopic (exact) mass is 382 g/mol. The van der Waals surface area contributed by atoms with Crippen molar-refractivity contribution in [3.05, 3.63) is 91.1 Å². The molecule has 147 valence electrons. The van der Waals surface area contributed by atoms with Crippen LogP contribution in [0.4, 0.5) is 0 Å².